The van der Waals surface area contributed by atoms with Crippen molar-refractivity contribution in [3.05, 3.63) is 35.9 Å². The minimum absolute atomic E-state index is 0.305. The smallest absolute Gasteiger partial charge is 0.242 e. The van der Waals surface area contributed by atoms with E-state index in [1.54, 1.807) is 24.3 Å². The third-order valence-electron chi connectivity index (χ3n) is 2.93. The van der Waals surface area contributed by atoms with E-state index in [9.17, 15) is 13.2 Å². The average Bonchev–Trinajstić information content (AvgIpc) is 2.36. The Kier molecular flexibility index (Phi) is 5.71. The highest BCUT2D eigenvalue weighted by Crippen LogP contribution is 2.21. The van der Waals surface area contributed by atoms with Crippen molar-refractivity contribution in [2.24, 2.45) is 5.92 Å². The highest BCUT2D eigenvalue weighted by atomic mass is 32.2. The van der Waals surface area contributed by atoms with Gasteiger partial charge in [-0.25, -0.2) is 8.42 Å². The third-order valence-corrected chi connectivity index (χ3v) is 4.19. The minimum atomic E-state index is -3.46. The average molecular weight is 298 g/mol. The molecule has 0 spiro atoms. The summed E-state index contributed by atoms with van der Waals surface area (Å²) in [6.07, 6.45) is 1.10. The van der Waals surface area contributed by atoms with Gasteiger partial charge < -0.3 is 5.32 Å². The molecule has 0 aliphatic carbocycles. The lowest BCUT2D eigenvalue weighted by atomic mass is 10.1. The third kappa shape index (κ3) is 4.61. The Bertz CT molecular complexity index is 541. The fraction of sp³-hybridized carbons (Fsp3) is 0.500. The number of hydrogen-bond donors (Lipinski definition) is 1. The van der Waals surface area contributed by atoms with Crippen molar-refractivity contribution < 1.29 is 13.2 Å². The van der Waals surface area contributed by atoms with E-state index in [-0.39, 0.29) is 5.91 Å². The number of amides is 1. The second-order valence-electron chi connectivity index (χ2n) is 5.23. The van der Waals surface area contributed by atoms with Gasteiger partial charge in [-0.3, -0.25) is 4.79 Å². The summed E-state index contributed by atoms with van der Waals surface area (Å²) >= 11 is 0. The quantitative estimate of drug-likeness (QED) is 0.863. The van der Waals surface area contributed by atoms with E-state index in [2.05, 4.69) is 5.32 Å². The molecule has 1 aromatic rings. The van der Waals surface area contributed by atoms with E-state index in [1.807, 2.05) is 19.9 Å². The molecule has 1 amide bonds. The van der Waals surface area contributed by atoms with Gasteiger partial charge in [0.05, 0.1) is 6.26 Å². The molecule has 0 heterocycles. The first kappa shape index (κ1) is 16.7. The lowest BCUT2D eigenvalue weighted by Crippen LogP contribution is -2.42. The number of benzene rings is 1. The topological polar surface area (TPSA) is 66.5 Å². The maximum absolute atomic E-state index is 12.3. The number of carbonyl (C=O) groups excluding carboxylic acids is 1. The normalized spacial score (nSPS) is 13.5. The molecule has 0 aromatic heterocycles. The Hall–Kier alpha value is -1.40. The van der Waals surface area contributed by atoms with Crippen LogP contribution in [0.25, 0.3) is 0 Å². The van der Waals surface area contributed by atoms with Gasteiger partial charge in [0.15, 0.2) is 0 Å². The van der Waals surface area contributed by atoms with Crippen LogP contribution < -0.4 is 5.32 Å². The van der Waals surface area contributed by atoms with Gasteiger partial charge in [0, 0.05) is 13.6 Å². The Balaban J connectivity index is 3.06. The summed E-state index contributed by atoms with van der Waals surface area (Å²) in [6, 6.07) is 8.06. The van der Waals surface area contributed by atoms with Crippen molar-refractivity contribution in [3.63, 3.8) is 0 Å². The van der Waals surface area contributed by atoms with E-state index in [1.165, 1.54) is 7.05 Å². The zero-order chi connectivity index (χ0) is 15.3. The van der Waals surface area contributed by atoms with Crippen molar-refractivity contribution in [1.29, 1.82) is 0 Å². The number of carbonyl (C=O) groups is 1. The zero-order valence-electron chi connectivity index (χ0n) is 12.3. The molecule has 1 atom stereocenters. The summed E-state index contributed by atoms with van der Waals surface area (Å²) < 4.78 is 24.6. The van der Waals surface area contributed by atoms with Gasteiger partial charge >= 0.3 is 0 Å². The maximum Gasteiger partial charge on any atom is 0.242 e. The van der Waals surface area contributed by atoms with E-state index < -0.39 is 16.1 Å². The van der Waals surface area contributed by atoms with Crippen LogP contribution in [0.15, 0.2) is 30.3 Å². The zero-order valence-corrected chi connectivity index (χ0v) is 13.1. The van der Waals surface area contributed by atoms with Crippen LogP contribution in [0.4, 0.5) is 0 Å². The van der Waals surface area contributed by atoms with Gasteiger partial charge in [-0.2, -0.15) is 4.31 Å². The predicted octanol–water partition coefficient (Wildman–Crippen LogP) is 1.39. The number of sulfonamides is 1. The Morgan fingerprint density at radius 1 is 1.25 bits per heavy atom. The second-order valence-corrected chi connectivity index (χ2v) is 7.27. The summed E-state index contributed by atoms with van der Waals surface area (Å²) in [5, 5.41) is 2.79. The van der Waals surface area contributed by atoms with Crippen LogP contribution >= 0.6 is 0 Å². The fourth-order valence-electron chi connectivity index (χ4n) is 1.75. The van der Waals surface area contributed by atoms with E-state index in [4.69, 9.17) is 0 Å². The van der Waals surface area contributed by atoms with Crippen LogP contribution in [0.2, 0.25) is 0 Å². The van der Waals surface area contributed by atoms with Crippen LogP contribution in [0.5, 0.6) is 0 Å². The van der Waals surface area contributed by atoms with E-state index >= 15 is 0 Å². The lowest BCUT2D eigenvalue weighted by molar-refractivity contribution is -0.124. The monoisotopic (exact) mass is 298 g/mol. The molecule has 1 N–H and O–H groups in total. The Morgan fingerprint density at radius 3 is 2.25 bits per heavy atom. The first-order chi connectivity index (χ1) is 9.23. The van der Waals surface area contributed by atoms with E-state index in [0.717, 1.165) is 10.6 Å². The summed E-state index contributed by atoms with van der Waals surface area (Å²) in [5.74, 6) is -0.00302. The molecule has 0 unspecified atom stereocenters. The first-order valence-electron chi connectivity index (χ1n) is 6.49. The van der Waals surface area contributed by atoms with Crippen molar-refractivity contribution in [2.75, 3.05) is 19.8 Å². The molecule has 0 aliphatic heterocycles. The predicted molar refractivity (Wildman–Crippen MR) is 79.6 cm³/mol. The molecule has 0 saturated carbocycles. The molecule has 0 aliphatic rings. The molecule has 0 bridgehead atoms. The first-order valence-corrected chi connectivity index (χ1v) is 8.34. The molecule has 20 heavy (non-hydrogen) atoms. The van der Waals surface area contributed by atoms with Crippen LogP contribution in [0.1, 0.15) is 25.5 Å². The molecule has 0 radical (unpaired) electrons. The molecule has 0 saturated heterocycles. The van der Waals surface area contributed by atoms with Gasteiger partial charge in [0.1, 0.15) is 6.04 Å². The minimum Gasteiger partial charge on any atom is -0.354 e. The highest BCUT2D eigenvalue weighted by Gasteiger charge is 2.30. The lowest BCUT2D eigenvalue weighted by Gasteiger charge is -2.26. The largest absolute Gasteiger partial charge is 0.354 e. The van der Waals surface area contributed by atoms with Gasteiger partial charge in [-0.1, -0.05) is 44.2 Å². The van der Waals surface area contributed by atoms with Gasteiger partial charge in [-0.05, 0) is 11.5 Å². The highest BCUT2D eigenvalue weighted by molar-refractivity contribution is 7.88. The van der Waals surface area contributed by atoms with Crippen LogP contribution in [0, 0.1) is 5.92 Å². The van der Waals surface area contributed by atoms with E-state index in [0.29, 0.717) is 18.0 Å². The van der Waals surface area contributed by atoms with Crippen LogP contribution in [-0.2, 0) is 14.8 Å². The molecule has 0 fully saturated rings. The second kappa shape index (κ2) is 6.85. The Labute approximate surface area is 121 Å². The summed E-state index contributed by atoms with van der Waals surface area (Å²) in [6.45, 7) is 4.48. The number of nitrogens with zero attached hydrogens (tertiary/aromatic N) is 1. The number of rotatable bonds is 6. The molecule has 112 valence electrons. The number of hydrogen-bond acceptors (Lipinski definition) is 3. The summed E-state index contributed by atoms with van der Waals surface area (Å²) in [5.41, 5.74) is 0.654. The number of likely N-dealkylation sites (N-methyl/N-ethyl adjacent to an activating group) is 1. The summed E-state index contributed by atoms with van der Waals surface area (Å²) in [7, 11) is -2.04. The fourth-order valence-corrected chi connectivity index (χ4v) is 2.36. The van der Waals surface area contributed by atoms with Crippen molar-refractivity contribution in [1.82, 2.24) is 9.62 Å². The Morgan fingerprint density at radius 2 is 1.80 bits per heavy atom. The van der Waals surface area contributed by atoms with Crippen LogP contribution in [0.3, 0.4) is 0 Å². The molecular formula is C14H22N2O3S. The maximum atomic E-state index is 12.3. The molecular weight excluding hydrogens is 276 g/mol. The van der Waals surface area contributed by atoms with Gasteiger partial charge in [0.2, 0.25) is 15.9 Å². The van der Waals surface area contributed by atoms with Crippen LogP contribution in [-0.4, -0.2) is 38.5 Å². The number of nitrogens with one attached hydrogen (secondary N) is 1. The SMILES string of the molecule is CC(C)CNC(=O)[C@@H](c1ccccc1)N(C)S(C)(=O)=O. The standard InChI is InChI=1S/C14H22N2O3S/c1-11(2)10-15-14(17)13(16(3)20(4,18)19)12-8-6-5-7-9-12/h5-9,11,13H,10H2,1-4H3,(H,15,17)/t13-/m1/s1. The van der Waals surface area contributed by atoms with Gasteiger partial charge in [-0.15, -0.1) is 0 Å². The molecule has 1 rings (SSSR count). The summed E-state index contributed by atoms with van der Waals surface area (Å²) in [4.78, 5) is 12.3. The van der Waals surface area contributed by atoms with Gasteiger partial charge in [0.25, 0.3) is 0 Å². The molecule has 6 heteroatoms. The van der Waals surface area contributed by atoms with Crippen molar-refractivity contribution >= 4 is 15.9 Å². The molecule has 5 nitrogen and oxygen atoms in total. The molecule has 1 aromatic carbocycles. The van der Waals surface area contributed by atoms with Crippen molar-refractivity contribution in [3.8, 4) is 0 Å². The van der Waals surface area contributed by atoms with Crippen molar-refractivity contribution in [2.45, 2.75) is 19.9 Å².